The van der Waals surface area contributed by atoms with Gasteiger partial charge in [0, 0.05) is 45.1 Å². The third-order valence-electron chi connectivity index (χ3n) is 3.73. The molecule has 1 saturated heterocycles. The number of amides is 1. The first-order valence-electron chi connectivity index (χ1n) is 6.83. The van der Waals surface area contributed by atoms with Crippen molar-refractivity contribution in [2.75, 3.05) is 31.1 Å². The number of benzene rings is 1. The van der Waals surface area contributed by atoms with Gasteiger partial charge in [-0.05, 0) is 18.2 Å². The molecule has 104 valence electrons. The van der Waals surface area contributed by atoms with Gasteiger partial charge in [-0.1, -0.05) is 18.2 Å². The van der Waals surface area contributed by atoms with Gasteiger partial charge in [0.05, 0.1) is 0 Å². The first-order chi connectivity index (χ1) is 9.75. The number of anilines is 1. The molecule has 2 aromatic rings. The highest BCUT2D eigenvalue weighted by atomic mass is 16.2. The predicted molar refractivity (Wildman–Crippen MR) is 77.8 cm³/mol. The number of para-hydroxylation sites is 1. The van der Waals surface area contributed by atoms with Crippen LogP contribution >= 0.6 is 0 Å². The van der Waals surface area contributed by atoms with Crippen LogP contribution in [-0.4, -0.2) is 46.8 Å². The number of carbonyl (C=O) groups excluding carboxylic acids is 1. The van der Waals surface area contributed by atoms with E-state index in [-0.39, 0.29) is 5.91 Å². The average Bonchev–Trinajstić information content (AvgIpc) is 2.94. The zero-order valence-electron chi connectivity index (χ0n) is 11.6. The maximum absolute atomic E-state index is 12.4. The predicted octanol–water partition coefficient (Wildman–Crippen LogP) is 1.38. The van der Waals surface area contributed by atoms with Crippen molar-refractivity contribution in [2.24, 2.45) is 7.05 Å². The van der Waals surface area contributed by atoms with Crippen molar-refractivity contribution in [3.8, 4) is 0 Å². The number of nitrogens with zero attached hydrogens (tertiary/aromatic N) is 4. The highest BCUT2D eigenvalue weighted by Gasteiger charge is 2.23. The number of rotatable bonds is 2. The number of hydrogen-bond acceptors (Lipinski definition) is 3. The second-order valence-electron chi connectivity index (χ2n) is 4.95. The summed E-state index contributed by atoms with van der Waals surface area (Å²) < 4.78 is 1.63. The standard InChI is InChI=1S/C15H18N4O/c1-17-14(7-8-16-17)15(20)19-11-9-18(10-12-19)13-5-3-2-4-6-13/h2-8H,9-12H2,1H3. The summed E-state index contributed by atoms with van der Waals surface area (Å²) in [4.78, 5) is 16.6. The Bertz CT molecular complexity index is 585. The largest absolute Gasteiger partial charge is 0.368 e. The summed E-state index contributed by atoms with van der Waals surface area (Å²) in [6.07, 6.45) is 1.66. The fraction of sp³-hybridized carbons (Fsp3) is 0.333. The van der Waals surface area contributed by atoms with Gasteiger partial charge in [-0.2, -0.15) is 5.10 Å². The molecule has 0 bridgehead atoms. The van der Waals surface area contributed by atoms with Crippen molar-refractivity contribution in [2.45, 2.75) is 0 Å². The summed E-state index contributed by atoms with van der Waals surface area (Å²) in [5.74, 6) is 0.0673. The number of aryl methyl sites for hydroxylation is 1. The molecule has 0 saturated carbocycles. The molecular formula is C15H18N4O. The van der Waals surface area contributed by atoms with Crippen molar-refractivity contribution in [1.82, 2.24) is 14.7 Å². The lowest BCUT2D eigenvalue weighted by molar-refractivity contribution is 0.0735. The molecule has 1 aromatic heterocycles. The van der Waals surface area contributed by atoms with E-state index >= 15 is 0 Å². The summed E-state index contributed by atoms with van der Waals surface area (Å²) in [6, 6.07) is 12.1. The molecule has 0 spiro atoms. The van der Waals surface area contributed by atoms with E-state index in [1.807, 2.05) is 23.1 Å². The summed E-state index contributed by atoms with van der Waals surface area (Å²) in [7, 11) is 1.80. The molecule has 2 heterocycles. The molecule has 1 aliphatic heterocycles. The summed E-state index contributed by atoms with van der Waals surface area (Å²) in [5.41, 5.74) is 1.87. The zero-order chi connectivity index (χ0) is 13.9. The fourth-order valence-corrected chi connectivity index (χ4v) is 2.55. The van der Waals surface area contributed by atoms with E-state index in [1.165, 1.54) is 5.69 Å². The third kappa shape index (κ3) is 2.39. The van der Waals surface area contributed by atoms with Gasteiger partial charge >= 0.3 is 0 Å². The second-order valence-corrected chi connectivity index (χ2v) is 4.95. The Morgan fingerprint density at radius 3 is 2.35 bits per heavy atom. The van der Waals surface area contributed by atoms with Gasteiger partial charge in [0.25, 0.3) is 5.91 Å². The Labute approximate surface area is 118 Å². The van der Waals surface area contributed by atoms with Crippen molar-refractivity contribution in [1.29, 1.82) is 0 Å². The van der Waals surface area contributed by atoms with Crippen LogP contribution in [0.3, 0.4) is 0 Å². The second kappa shape index (κ2) is 5.36. The molecule has 20 heavy (non-hydrogen) atoms. The SMILES string of the molecule is Cn1nccc1C(=O)N1CCN(c2ccccc2)CC1. The first-order valence-corrected chi connectivity index (χ1v) is 6.83. The van der Waals surface area contributed by atoms with Crippen molar-refractivity contribution in [3.63, 3.8) is 0 Å². The lowest BCUT2D eigenvalue weighted by Crippen LogP contribution is -2.49. The number of piperazine rings is 1. The van der Waals surface area contributed by atoms with Gasteiger partial charge in [-0.25, -0.2) is 0 Å². The van der Waals surface area contributed by atoms with Crippen LogP contribution in [0.4, 0.5) is 5.69 Å². The van der Waals surface area contributed by atoms with Crippen LogP contribution in [0.15, 0.2) is 42.6 Å². The number of hydrogen-bond donors (Lipinski definition) is 0. The summed E-state index contributed by atoms with van der Waals surface area (Å²) >= 11 is 0. The molecule has 1 aliphatic rings. The van der Waals surface area contributed by atoms with E-state index in [4.69, 9.17) is 0 Å². The fourth-order valence-electron chi connectivity index (χ4n) is 2.55. The Morgan fingerprint density at radius 2 is 1.75 bits per heavy atom. The van der Waals surface area contributed by atoms with Crippen LogP contribution in [0.2, 0.25) is 0 Å². The summed E-state index contributed by atoms with van der Waals surface area (Å²) in [6.45, 7) is 3.24. The van der Waals surface area contributed by atoms with Gasteiger partial charge < -0.3 is 9.80 Å². The molecular weight excluding hydrogens is 252 g/mol. The molecule has 5 heteroatoms. The van der Waals surface area contributed by atoms with E-state index in [0.717, 1.165) is 26.2 Å². The maximum atomic E-state index is 12.4. The molecule has 0 aliphatic carbocycles. The first kappa shape index (κ1) is 12.7. The van der Waals surface area contributed by atoms with Gasteiger partial charge in [-0.15, -0.1) is 0 Å². The monoisotopic (exact) mass is 270 g/mol. The van der Waals surface area contributed by atoms with E-state index in [1.54, 1.807) is 24.0 Å². The minimum Gasteiger partial charge on any atom is -0.368 e. The molecule has 0 unspecified atom stereocenters. The van der Waals surface area contributed by atoms with Crippen LogP contribution < -0.4 is 4.90 Å². The quantitative estimate of drug-likeness (QED) is 0.828. The van der Waals surface area contributed by atoms with E-state index in [2.05, 4.69) is 22.1 Å². The van der Waals surface area contributed by atoms with E-state index in [9.17, 15) is 4.79 Å². The topological polar surface area (TPSA) is 41.4 Å². The van der Waals surface area contributed by atoms with Crippen molar-refractivity contribution >= 4 is 11.6 Å². The molecule has 1 aromatic carbocycles. The zero-order valence-corrected chi connectivity index (χ0v) is 11.6. The van der Waals surface area contributed by atoms with Gasteiger partial charge in [0.2, 0.25) is 0 Å². The Morgan fingerprint density at radius 1 is 1.05 bits per heavy atom. The molecule has 1 amide bonds. The van der Waals surface area contributed by atoms with Crippen molar-refractivity contribution in [3.05, 3.63) is 48.3 Å². The summed E-state index contributed by atoms with van der Waals surface area (Å²) in [5, 5.41) is 4.05. The maximum Gasteiger partial charge on any atom is 0.272 e. The van der Waals surface area contributed by atoms with Crippen LogP contribution in [0.1, 0.15) is 10.5 Å². The minimum absolute atomic E-state index is 0.0673. The van der Waals surface area contributed by atoms with Crippen LogP contribution in [0.25, 0.3) is 0 Å². The highest BCUT2D eigenvalue weighted by Crippen LogP contribution is 2.16. The smallest absolute Gasteiger partial charge is 0.272 e. The Kier molecular flexibility index (Phi) is 3.41. The van der Waals surface area contributed by atoms with Crippen LogP contribution in [0, 0.1) is 0 Å². The van der Waals surface area contributed by atoms with Crippen LogP contribution in [-0.2, 0) is 7.05 Å². The third-order valence-corrected chi connectivity index (χ3v) is 3.73. The molecule has 0 atom stereocenters. The lowest BCUT2D eigenvalue weighted by Gasteiger charge is -2.36. The number of carbonyl (C=O) groups is 1. The van der Waals surface area contributed by atoms with Gasteiger partial charge in [0.15, 0.2) is 0 Å². The van der Waals surface area contributed by atoms with E-state index < -0.39 is 0 Å². The molecule has 0 N–H and O–H groups in total. The highest BCUT2D eigenvalue weighted by molar-refractivity contribution is 5.92. The number of aromatic nitrogens is 2. The van der Waals surface area contributed by atoms with Crippen LogP contribution in [0.5, 0.6) is 0 Å². The Hall–Kier alpha value is -2.30. The minimum atomic E-state index is 0.0673. The van der Waals surface area contributed by atoms with E-state index in [0.29, 0.717) is 5.69 Å². The molecule has 5 nitrogen and oxygen atoms in total. The van der Waals surface area contributed by atoms with Gasteiger partial charge in [0.1, 0.15) is 5.69 Å². The van der Waals surface area contributed by atoms with Gasteiger partial charge in [-0.3, -0.25) is 9.48 Å². The molecule has 1 fully saturated rings. The van der Waals surface area contributed by atoms with Crippen molar-refractivity contribution < 1.29 is 4.79 Å². The average molecular weight is 270 g/mol. The molecule has 3 rings (SSSR count). The normalized spacial score (nSPS) is 15.4. The lowest BCUT2D eigenvalue weighted by atomic mass is 10.2. The molecule has 0 radical (unpaired) electrons. The Balaban J connectivity index is 1.64.